The van der Waals surface area contributed by atoms with Crippen LogP contribution in [0.2, 0.25) is 5.02 Å². The van der Waals surface area contributed by atoms with E-state index in [1.54, 1.807) is 20.2 Å². The molecule has 0 saturated carbocycles. The number of imidazole rings is 1. The predicted molar refractivity (Wildman–Crippen MR) is 153 cm³/mol. The molecule has 2 atom stereocenters. The van der Waals surface area contributed by atoms with Crippen LogP contribution in [0.3, 0.4) is 0 Å². The maximum absolute atomic E-state index is 13.0. The van der Waals surface area contributed by atoms with Crippen LogP contribution < -0.4 is 10.2 Å². The maximum Gasteiger partial charge on any atom is 0.350 e. The Morgan fingerprint density at radius 2 is 2.13 bits per heavy atom. The molecule has 3 aromatic heterocycles. The molecule has 1 aliphatic heterocycles. The molecule has 0 unspecified atom stereocenters. The minimum atomic E-state index is -0.440. The number of hydrogen-bond donors (Lipinski definition) is 2. The van der Waals surface area contributed by atoms with Crippen LogP contribution in [0.25, 0.3) is 11.5 Å². The Morgan fingerprint density at radius 1 is 1.33 bits per heavy atom. The van der Waals surface area contributed by atoms with Gasteiger partial charge in [0.1, 0.15) is 16.3 Å². The van der Waals surface area contributed by atoms with Crippen molar-refractivity contribution in [2.75, 3.05) is 44.9 Å². The van der Waals surface area contributed by atoms with Crippen molar-refractivity contribution < 1.29 is 23.8 Å². The standard InChI is InChI=1S/C25H32BrClN6O5S/c1-5-37-16-13-33(9-7-15(16)30-23(34)19-18(27)17(26)14(3)29-19)25-31-20(21(39-25)24(35)38-6-2)22-28-8-10-32(22)11-12-36-4/h8,10,15-16,29H,5-7,9,11-13H2,1-4H3,(H,30,34)/t15-,16+/m1/s1. The largest absolute Gasteiger partial charge is 0.462 e. The lowest BCUT2D eigenvalue weighted by molar-refractivity contribution is 0.0272. The predicted octanol–water partition coefficient (Wildman–Crippen LogP) is 4.30. The van der Waals surface area contributed by atoms with E-state index in [-0.39, 0.29) is 24.7 Å². The van der Waals surface area contributed by atoms with Crippen molar-refractivity contribution in [3.05, 3.63) is 38.2 Å². The van der Waals surface area contributed by atoms with E-state index in [0.717, 1.165) is 5.69 Å². The van der Waals surface area contributed by atoms with Crippen LogP contribution in [0.4, 0.5) is 5.13 Å². The highest BCUT2D eigenvalue weighted by Crippen LogP contribution is 2.35. The highest BCUT2D eigenvalue weighted by molar-refractivity contribution is 9.10. The van der Waals surface area contributed by atoms with Gasteiger partial charge in [0.2, 0.25) is 0 Å². The SMILES string of the molecule is CCOC(=O)c1sc(N2CC[C@@H](NC(=O)c3[nH]c(C)c(Br)c3Cl)[C@@H](OCC)C2)nc1-c1nccn1CCOC. The molecule has 1 amide bonds. The highest BCUT2D eigenvalue weighted by atomic mass is 79.9. The number of aromatic nitrogens is 4. The van der Waals surface area contributed by atoms with Gasteiger partial charge in [0.05, 0.1) is 34.9 Å². The van der Waals surface area contributed by atoms with Crippen molar-refractivity contribution in [3.8, 4) is 11.5 Å². The van der Waals surface area contributed by atoms with Gasteiger partial charge in [-0.05, 0) is 43.1 Å². The summed E-state index contributed by atoms with van der Waals surface area (Å²) in [6.07, 6.45) is 3.82. The minimum absolute atomic E-state index is 0.232. The summed E-state index contributed by atoms with van der Waals surface area (Å²) in [5.41, 5.74) is 1.56. The smallest absolute Gasteiger partial charge is 0.350 e. The average molecular weight is 644 g/mol. The fraction of sp³-hybridized carbons (Fsp3) is 0.520. The first kappa shape index (κ1) is 29.5. The molecule has 0 radical (unpaired) electrons. The van der Waals surface area contributed by atoms with E-state index in [2.05, 4.69) is 36.1 Å². The maximum atomic E-state index is 13.0. The van der Waals surface area contributed by atoms with Crippen molar-refractivity contribution in [2.24, 2.45) is 0 Å². The van der Waals surface area contributed by atoms with Crippen LogP contribution in [0.15, 0.2) is 16.9 Å². The van der Waals surface area contributed by atoms with Crippen molar-refractivity contribution in [1.29, 1.82) is 0 Å². The molecular weight excluding hydrogens is 612 g/mol. The number of aromatic amines is 1. The molecule has 0 aliphatic carbocycles. The number of nitrogens with one attached hydrogen (secondary N) is 2. The number of ether oxygens (including phenoxy) is 3. The Labute approximate surface area is 244 Å². The molecular formula is C25H32BrClN6O5S. The topological polar surface area (TPSA) is 124 Å². The van der Waals surface area contributed by atoms with Gasteiger partial charge in [-0.15, -0.1) is 0 Å². The molecule has 3 aromatic rings. The molecule has 1 aliphatic rings. The fourth-order valence-corrected chi connectivity index (χ4v) is 6.00. The van der Waals surface area contributed by atoms with E-state index in [0.29, 0.717) is 76.0 Å². The number of carbonyl (C=O) groups excluding carboxylic acids is 2. The molecule has 2 N–H and O–H groups in total. The summed E-state index contributed by atoms with van der Waals surface area (Å²) in [5.74, 6) is -0.156. The van der Waals surface area contributed by atoms with Gasteiger partial charge in [-0.3, -0.25) is 4.79 Å². The zero-order valence-corrected chi connectivity index (χ0v) is 25.4. The van der Waals surface area contributed by atoms with Gasteiger partial charge < -0.3 is 34.0 Å². The number of H-pyrrole nitrogens is 1. The van der Waals surface area contributed by atoms with E-state index in [1.807, 2.05) is 24.6 Å². The molecule has 4 heterocycles. The van der Waals surface area contributed by atoms with Crippen LogP contribution in [-0.4, -0.2) is 83.6 Å². The summed E-state index contributed by atoms with van der Waals surface area (Å²) in [6.45, 7) is 8.40. The van der Waals surface area contributed by atoms with Gasteiger partial charge >= 0.3 is 5.97 Å². The summed E-state index contributed by atoms with van der Waals surface area (Å²) in [6, 6.07) is -0.232. The van der Waals surface area contributed by atoms with E-state index in [4.69, 9.17) is 30.8 Å². The van der Waals surface area contributed by atoms with Gasteiger partial charge in [0, 0.05) is 51.4 Å². The second-order valence-corrected chi connectivity index (χ2v) is 11.0. The zero-order valence-electron chi connectivity index (χ0n) is 22.3. The number of aryl methyl sites for hydroxylation is 1. The number of carbonyl (C=O) groups is 2. The Bertz CT molecular complexity index is 1310. The number of esters is 1. The fourth-order valence-electron chi connectivity index (χ4n) is 4.43. The number of thiazole rings is 1. The van der Waals surface area contributed by atoms with Crippen LogP contribution >= 0.6 is 38.9 Å². The molecule has 11 nitrogen and oxygen atoms in total. The van der Waals surface area contributed by atoms with E-state index in [1.165, 1.54) is 11.3 Å². The first-order valence-corrected chi connectivity index (χ1v) is 14.7. The third kappa shape index (κ3) is 6.49. The summed E-state index contributed by atoms with van der Waals surface area (Å²) in [4.78, 5) is 40.7. The molecule has 0 bridgehead atoms. The van der Waals surface area contributed by atoms with Crippen LogP contribution in [0.1, 0.15) is 46.1 Å². The number of nitrogens with zero attached hydrogens (tertiary/aromatic N) is 4. The summed E-state index contributed by atoms with van der Waals surface area (Å²) >= 11 is 11.0. The van der Waals surface area contributed by atoms with Gasteiger partial charge in [-0.1, -0.05) is 22.9 Å². The molecule has 1 saturated heterocycles. The Kier molecular flexibility index (Phi) is 10.0. The van der Waals surface area contributed by atoms with Crippen LogP contribution in [0, 0.1) is 6.92 Å². The first-order chi connectivity index (χ1) is 18.8. The van der Waals surface area contributed by atoms with Crippen LogP contribution in [0.5, 0.6) is 0 Å². The number of anilines is 1. The summed E-state index contributed by atoms with van der Waals surface area (Å²) in [7, 11) is 1.63. The van der Waals surface area contributed by atoms with Gasteiger partial charge in [-0.2, -0.15) is 0 Å². The lowest BCUT2D eigenvalue weighted by Crippen LogP contribution is -2.55. The quantitative estimate of drug-likeness (QED) is 0.297. The number of piperidine rings is 1. The number of rotatable bonds is 11. The Balaban J connectivity index is 1.57. The van der Waals surface area contributed by atoms with Crippen molar-refractivity contribution in [1.82, 2.24) is 24.8 Å². The molecule has 4 rings (SSSR count). The molecule has 212 valence electrons. The number of halogens is 2. The Hall–Kier alpha value is -2.45. The molecule has 39 heavy (non-hydrogen) atoms. The molecule has 1 fully saturated rings. The number of hydrogen-bond acceptors (Lipinski definition) is 9. The Morgan fingerprint density at radius 3 is 2.79 bits per heavy atom. The zero-order chi connectivity index (χ0) is 28.1. The van der Waals surface area contributed by atoms with E-state index in [9.17, 15) is 9.59 Å². The summed E-state index contributed by atoms with van der Waals surface area (Å²) in [5, 5.41) is 4.09. The summed E-state index contributed by atoms with van der Waals surface area (Å²) < 4.78 is 19.2. The molecule has 0 spiro atoms. The monoisotopic (exact) mass is 642 g/mol. The second-order valence-electron chi connectivity index (χ2n) is 8.89. The number of amides is 1. The van der Waals surface area contributed by atoms with Gasteiger partial charge in [-0.25, -0.2) is 14.8 Å². The number of methoxy groups -OCH3 is 1. The molecule has 14 heteroatoms. The third-order valence-corrected chi connectivity index (χ3v) is 9.04. The average Bonchev–Trinajstić information content (AvgIpc) is 3.63. The lowest BCUT2D eigenvalue weighted by atomic mass is 10.0. The highest BCUT2D eigenvalue weighted by Gasteiger charge is 2.35. The van der Waals surface area contributed by atoms with Gasteiger partial charge in [0.25, 0.3) is 5.91 Å². The minimum Gasteiger partial charge on any atom is -0.462 e. The van der Waals surface area contributed by atoms with Crippen LogP contribution in [-0.2, 0) is 20.8 Å². The van der Waals surface area contributed by atoms with Crippen molar-refractivity contribution in [2.45, 2.75) is 45.9 Å². The van der Waals surface area contributed by atoms with Crippen molar-refractivity contribution >= 4 is 55.9 Å². The normalized spacial score (nSPS) is 17.4. The second kappa shape index (κ2) is 13.3. The lowest BCUT2D eigenvalue weighted by Gasteiger charge is -2.38. The van der Waals surface area contributed by atoms with E-state index >= 15 is 0 Å². The van der Waals surface area contributed by atoms with Crippen molar-refractivity contribution in [3.63, 3.8) is 0 Å². The van der Waals surface area contributed by atoms with Gasteiger partial charge in [0.15, 0.2) is 11.0 Å². The third-order valence-electron chi connectivity index (χ3n) is 6.35. The first-order valence-electron chi connectivity index (χ1n) is 12.7. The van der Waals surface area contributed by atoms with E-state index < -0.39 is 5.97 Å². The molecule has 0 aromatic carbocycles.